The average Bonchev–Trinajstić information content (AvgIpc) is 2.72. The van der Waals surface area contributed by atoms with Crippen molar-refractivity contribution in [2.24, 2.45) is 23.2 Å². The molecule has 5 fully saturated rings. The molecule has 0 aromatic carbocycles. The molecule has 0 spiro atoms. The van der Waals surface area contributed by atoms with Gasteiger partial charge in [-0.15, -0.1) is 0 Å². The number of urea groups is 1. The first-order valence-corrected chi connectivity index (χ1v) is 7.71. The SMILES string of the molecule is CC(N1CCNC1=O)C12CC3CC(CC(C3)C1)C2. The molecule has 0 aromatic heterocycles. The van der Waals surface area contributed by atoms with Gasteiger partial charge >= 0.3 is 6.03 Å². The van der Waals surface area contributed by atoms with Crippen LogP contribution in [-0.2, 0) is 0 Å². The zero-order valence-corrected chi connectivity index (χ0v) is 11.3. The Morgan fingerprint density at radius 2 is 1.72 bits per heavy atom. The molecular weight excluding hydrogens is 224 g/mol. The standard InChI is InChI=1S/C15H24N2O/c1-10(17-3-2-16-14(17)18)15-7-11-4-12(8-15)6-13(5-11)9-15/h10-13H,2-9H2,1H3,(H,16,18). The van der Waals surface area contributed by atoms with Crippen LogP contribution in [0.2, 0.25) is 0 Å². The van der Waals surface area contributed by atoms with Gasteiger partial charge in [0.2, 0.25) is 0 Å². The van der Waals surface area contributed by atoms with E-state index in [0.29, 0.717) is 11.5 Å². The minimum atomic E-state index is 0.179. The summed E-state index contributed by atoms with van der Waals surface area (Å²) in [6.07, 6.45) is 8.63. The molecule has 5 rings (SSSR count). The Bertz CT molecular complexity index is 343. The fourth-order valence-electron chi connectivity index (χ4n) is 5.88. The Morgan fingerprint density at radius 3 is 2.17 bits per heavy atom. The maximum atomic E-state index is 11.9. The Balaban J connectivity index is 1.61. The first-order valence-electron chi connectivity index (χ1n) is 7.71. The minimum Gasteiger partial charge on any atom is -0.336 e. The van der Waals surface area contributed by atoms with Gasteiger partial charge in [-0.2, -0.15) is 0 Å². The van der Waals surface area contributed by atoms with E-state index >= 15 is 0 Å². The quantitative estimate of drug-likeness (QED) is 0.800. The van der Waals surface area contributed by atoms with Gasteiger partial charge in [0.05, 0.1) is 0 Å². The third-order valence-corrected chi connectivity index (χ3v) is 6.33. The molecule has 100 valence electrons. The van der Waals surface area contributed by atoms with E-state index in [4.69, 9.17) is 0 Å². The van der Waals surface area contributed by atoms with Crippen molar-refractivity contribution in [3.63, 3.8) is 0 Å². The number of hydrogen-bond donors (Lipinski definition) is 1. The molecule has 3 heteroatoms. The predicted octanol–water partition coefficient (Wildman–Crippen LogP) is 2.62. The topological polar surface area (TPSA) is 32.3 Å². The Labute approximate surface area is 109 Å². The molecule has 0 aromatic rings. The lowest BCUT2D eigenvalue weighted by molar-refractivity contribution is -0.0864. The van der Waals surface area contributed by atoms with Crippen molar-refractivity contribution in [2.45, 2.75) is 51.5 Å². The second-order valence-corrected chi connectivity index (χ2v) is 7.38. The van der Waals surface area contributed by atoms with E-state index in [1.807, 2.05) is 0 Å². The zero-order valence-electron chi connectivity index (χ0n) is 11.3. The fraction of sp³-hybridized carbons (Fsp3) is 0.933. The maximum Gasteiger partial charge on any atom is 0.317 e. The Morgan fingerprint density at radius 1 is 1.17 bits per heavy atom. The number of carbonyl (C=O) groups is 1. The average molecular weight is 248 g/mol. The molecule has 4 saturated carbocycles. The minimum absolute atomic E-state index is 0.179. The molecule has 18 heavy (non-hydrogen) atoms. The summed E-state index contributed by atoms with van der Waals surface area (Å²) in [6.45, 7) is 4.08. The van der Waals surface area contributed by atoms with Gasteiger partial charge < -0.3 is 10.2 Å². The van der Waals surface area contributed by atoms with Crippen LogP contribution in [0.15, 0.2) is 0 Å². The van der Waals surface area contributed by atoms with Crippen molar-refractivity contribution in [3.05, 3.63) is 0 Å². The van der Waals surface area contributed by atoms with Crippen molar-refractivity contribution in [2.75, 3.05) is 13.1 Å². The molecule has 1 aliphatic heterocycles. The van der Waals surface area contributed by atoms with Crippen molar-refractivity contribution >= 4 is 6.03 Å². The van der Waals surface area contributed by atoms with Gasteiger partial charge in [-0.25, -0.2) is 4.79 Å². The summed E-state index contributed by atoms with van der Waals surface area (Å²) in [7, 11) is 0. The smallest absolute Gasteiger partial charge is 0.317 e. The van der Waals surface area contributed by atoms with E-state index in [2.05, 4.69) is 17.1 Å². The van der Waals surface area contributed by atoms with Crippen LogP contribution in [0.5, 0.6) is 0 Å². The van der Waals surface area contributed by atoms with Crippen LogP contribution in [0.1, 0.15) is 45.4 Å². The van der Waals surface area contributed by atoms with Crippen LogP contribution < -0.4 is 5.32 Å². The summed E-state index contributed by atoms with van der Waals surface area (Å²) >= 11 is 0. The molecule has 1 unspecified atom stereocenters. The van der Waals surface area contributed by atoms with Gasteiger partial charge in [0.25, 0.3) is 0 Å². The lowest BCUT2D eigenvalue weighted by Gasteiger charge is -2.60. The van der Waals surface area contributed by atoms with Gasteiger partial charge in [0, 0.05) is 19.1 Å². The summed E-state index contributed by atoms with van der Waals surface area (Å²) in [5.74, 6) is 2.93. The van der Waals surface area contributed by atoms with Gasteiger partial charge in [0.1, 0.15) is 0 Å². The third-order valence-electron chi connectivity index (χ3n) is 6.33. The third kappa shape index (κ3) is 1.45. The molecular formula is C15H24N2O. The zero-order chi connectivity index (χ0) is 12.3. The highest BCUT2D eigenvalue weighted by Crippen LogP contribution is 2.61. The second-order valence-electron chi connectivity index (χ2n) is 7.38. The number of hydrogen-bond acceptors (Lipinski definition) is 1. The molecule has 1 heterocycles. The van der Waals surface area contributed by atoms with Gasteiger partial charge in [-0.1, -0.05) is 0 Å². The van der Waals surface area contributed by atoms with E-state index in [1.165, 1.54) is 38.5 Å². The summed E-state index contributed by atoms with van der Waals surface area (Å²) in [6, 6.07) is 0.631. The van der Waals surface area contributed by atoms with Crippen molar-refractivity contribution in [1.29, 1.82) is 0 Å². The van der Waals surface area contributed by atoms with Gasteiger partial charge in [-0.05, 0) is 68.6 Å². The number of rotatable bonds is 2. The number of amides is 2. The first kappa shape index (κ1) is 11.1. The molecule has 2 amide bonds. The molecule has 1 saturated heterocycles. The largest absolute Gasteiger partial charge is 0.336 e. The fourth-order valence-corrected chi connectivity index (χ4v) is 5.88. The van der Waals surface area contributed by atoms with Crippen LogP contribution >= 0.6 is 0 Å². The number of nitrogens with one attached hydrogen (secondary N) is 1. The first-order chi connectivity index (χ1) is 8.66. The van der Waals surface area contributed by atoms with Crippen LogP contribution in [0.4, 0.5) is 4.79 Å². The van der Waals surface area contributed by atoms with Crippen molar-refractivity contribution < 1.29 is 4.79 Å². The van der Waals surface area contributed by atoms with Crippen molar-refractivity contribution in [1.82, 2.24) is 10.2 Å². The lowest BCUT2D eigenvalue weighted by atomic mass is 9.47. The maximum absolute atomic E-state index is 11.9. The number of nitrogens with zero attached hydrogens (tertiary/aromatic N) is 1. The van der Waals surface area contributed by atoms with Crippen LogP contribution in [0.3, 0.4) is 0 Å². The Hall–Kier alpha value is -0.730. The molecule has 1 N–H and O–H groups in total. The van der Waals surface area contributed by atoms with Gasteiger partial charge in [0.15, 0.2) is 0 Å². The summed E-state index contributed by atoms with van der Waals surface area (Å²) in [4.78, 5) is 14.0. The number of carbonyl (C=O) groups excluding carboxylic acids is 1. The lowest BCUT2D eigenvalue weighted by Crippen LogP contribution is -2.56. The van der Waals surface area contributed by atoms with Crippen LogP contribution in [-0.4, -0.2) is 30.1 Å². The van der Waals surface area contributed by atoms with Crippen molar-refractivity contribution in [3.8, 4) is 0 Å². The van der Waals surface area contributed by atoms with E-state index in [1.54, 1.807) is 0 Å². The van der Waals surface area contributed by atoms with Crippen LogP contribution in [0.25, 0.3) is 0 Å². The normalized spacial score (nSPS) is 47.5. The predicted molar refractivity (Wildman–Crippen MR) is 70.2 cm³/mol. The summed E-state index contributed by atoms with van der Waals surface area (Å²) in [5, 5.41) is 2.97. The monoisotopic (exact) mass is 248 g/mol. The van der Waals surface area contributed by atoms with E-state index in [0.717, 1.165) is 30.8 Å². The van der Waals surface area contributed by atoms with Crippen LogP contribution in [0, 0.1) is 23.2 Å². The van der Waals surface area contributed by atoms with E-state index in [9.17, 15) is 4.79 Å². The van der Waals surface area contributed by atoms with Gasteiger partial charge in [-0.3, -0.25) is 0 Å². The molecule has 4 bridgehead atoms. The molecule has 1 atom stereocenters. The summed E-state index contributed by atoms with van der Waals surface area (Å²) in [5.41, 5.74) is 0.469. The highest BCUT2D eigenvalue weighted by Gasteiger charge is 2.54. The second kappa shape index (κ2) is 3.64. The highest BCUT2D eigenvalue weighted by atomic mass is 16.2. The summed E-state index contributed by atoms with van der Waals surface area (Å²) < 4.78 is 0. The highest BCUT2D eigenvalue weighted by molar-refractivity contribution is 5.76. The molecule has 0 radical (unpaired) electrons. The van der Waals surface area contributed by atoms with E-state index < -0.39 is 0 Å². The van der Waals surface area contributed by atoms with E-state index in [-0.39, 0.29) is 6.03 Å². The molecule has 4 aliphatic carbocycles. The molecule has 5 aliphatic rings. The molecule has 3 nitrogen and oxygen atoms in total. The Kier molecular flexibility index (Phi) is 2.25.